The first-order valence-electron chi connectivity index (χ1n) is 7.25. The highest BCUT2D eigenvalue weighted by Crippen LogP contribution is 2.25. The lowest BCUT2D eigenvalue weighted by atomic mass is 10.2. The van der Waals surface area contributed by atoms with Crippen LogP contribution in [0.25, 0.3) is 0 Å². The molecule has 1 aromatic rings. The average molecular weight is 424 g/mol. The summed E-state index contributed by atoms with van der Waals surface area (Å²) in [6.45, 7) is 8.25. The summed E-state index contributed by atoms with van der Waals surface area (Å²) in [6.07, 6.45) is 2.63. The monoisotopic (exact) mass is 424 g/mol. The van der Waals surface area contributed by atoms with Crippen molar-refractivity contribution in [3.05, 3.63) is 17.3 Å². The summed E-state index contributed by atoms with van der Waals surface area (Å²) in [5.41, 5.74) is 0.940. The molecule has 7 heteroatoms. The predicted octanol–water partition coefficient (Wildman–Crippen LogP) is 2.86. The number of aliphatic imine (C=N–C) groups is 1. The van der Waals surface area contributed by atoms with Crippen LogP contribution in [-0.2, 0) is 6.54 Å². The van der Waals surface area contributed by atoms with Crippen molar-refractivity contribution in [3.63, 3.8) is 0 Å². The number of oxazole rings is 1. The normalized spacial score (nSPS) is 18.4. The van der Waals surface area contributed by atoms with Gasteiger partial charge >= 0.3 is 0 Å². The molecule has 1 aromatic heterocycles. The van der Waals surface area contributed by atoms with Crippen LogP contribution in [0.2, 0.25) is 0 Å². The Hall–Kier alpha value is -0.440. The first-order chi connectivity index (χ1) is 9.69. The molecule has 5 nitrogen and oxygen atoms in total. The summed E-state index contributed by atoms with van der Waals surface area (Å²) in [5.74, 6) is 3.67. The molecule has 0 bridgehead atoms. The van der Waals surface area contributed by atoms with Crippen LogP contribution < -0.4 is 10.6 Å². The topological polar surface area (TPSA) is 62.5 Å². The predicted molar refractivity (Wildman–Crippen MR) is 99.7 cm³/mol. The molecule has 0 spiro atoms. The molecular weight excluding hydrogens is 399 g/mol. The highest BCUT2D eigenvalue weighted by atomic mass is 127. The van der Waals surface area contributed by atoms with Gasteiger partial charge in [0.05, 0.1) is 5.69 Å². The van der Waals surface area contributed by atoms with Gasteiger partial charge in [0, 0.05) is 18.3 Å². The second-order valence-corrected chi connectivity index (χ2v) is 6.37. The molecule has 120 valence electrons. The number of aromatic nitrogens is 1. The Kier molecular flexibility index (Phi) is 8.46. The maximum atomic E-state index is 5.54. The van der Waals surface area contributed by atoms with Gasteiger partial charge in [0.2, 0.25) is 5.89 Å². The van der Waals surface area contributed by atoms with Crippen molar-refractivity contribution in [2.75, 3.05) is 18.8 Å². The molecule has 0 saturated carbocycles. The van der Waals surface area contributed by atoms with Gasteiger partial charge in [-0.1, -0.05) is 0 Å². The minimum atomic E-state index is 0. The minimum Gasteiger partial charge on any atom is -0.444 e. The molecule has 21 heavy (non-hydrogen) atoms. The molecule has 2 rings (SSSR count). The van der Waals surface area contributed by atoms with E-state index in [1.54, 1.807) is 0 Å². The lowest BCUT2D eigenvalue weighted by Crippen LogP contribution is -2.40. The van der Waals surface area contributed by atoms with Crippen molar-refractivity contribution >= 4 is 41.7 Å². The van der Waals surface area contributed by atoms with Crippen molar-refractivity contribution in [1.29, 1.82) is 0 Å². The van der Waals surface area contributed by atoms with Gasteiger partial charge in [-0.3, -0.25) is 0 Å². The maximum Gasteiger partial charge on any atom is 0.216 e. The first kappa shape index (κ1) is 18.6. The summed E-state index contributed by atoms with van der Waals surface area (Å²) < 4.78 is 5.54. The Labute approximate surface area is 148 Å². The Morgan fingerprint density at radius 1 is 1.43 bits per heavy atom. The molecule has 1 unspecified atom stereocenters. The largest absolute Gasteiger partial charge is 0.444 e. The number of guanidine groups is 1. The summed E-state index contributed by atoms with van der Waals surface area (Å²) in [7, 11) is 0. The minimum absolute atomic E-state index is 0. The van der Waals surface area contributed by atoms with Crippen LogP contribution in [0.3, 0.4) is 0 Å². The van der Waals surface area contributed by atoms with E-state index in [2.05, 4.69) is 27.5 Å². The summed E-state index contributed by atoms with van der Waals surface area (Å²) in [6, 6.07) is 0. The first-order valence-corrected chi connectivity index (χ1v) is 8.30. The number of halogens is 1. The number of rotatable bonds is 5. The number of thioether (sulfide) groups is 1. The fraction of sp³-hybridized carbons (Fsp3) is 0.714. The van der Waals surface area contributed by atoms with Gasteiger partial charge in [-0.15, -0.1) is 24.0 Å². The molecule has 0 radical (unpaired) electrons. The second-order valence-electron chi connectivity index (χ2n) is 4.96. The smallest absolute Gasteiger partial charge is 0.216 e. The lowest BCUT2D eigenvalue weighted by molar-refractivity contribution is 0.473. The van der Waals surface area contributed by atoms with Crippen LogP contribution in [0.15, 0.2) is 9.41 Å². The third kappa shape index (κ3) is 6.06. The summed E-state index contributed by atoms with van der Waals surface area (Å²) >= 11 is 2.05. The van der Waals surface area contributed by atoms with E-state index in [9.17, 15) is 0 Å². The van der Waals surface area contributed by atoms with Crippen molar-refractivity contribution < 1.29 is 4.42 Å². The Morgan fingerprint density at radius 3 is 2.81 bits per heavy atom. The Balaban J connectivity index is 0.00000220. The van der Waals surface area contributed by atoms with E-state index in [1.807, 2.05) is 25.6 Å². The number of aryl methyl sites for hydroxylation is 2. The molecule has 1 aliphatic heterocycles. The van der Waals surface area contributed by atoms with Gasteiger partial charge in [0.1, 0.15) is 12.3 Å². The molecular formula is C14H25IN4OS. The quantitative estimate of drug-likeness (QED) is 0.433. The molecule has 0 amide bonds. The zero-order valence-corrected chi connectivity index (χ0v) is 16.1. The van der Waals surface area contributed by atoms with E-state index in [0.717, 1.165) is 30.5 Å². The highest BCUT2D eigenvalue weighted by Gasteiger charge is 2.15. The van der Waals surface area contributed by atoms with Crippen LogP contribution in [0.1, 0.15) is 37.1 Å². The molecule has 2 heterocycles. The van der Waals surface area contributed by atoms with Crippen LogP contribution in [-0.4, -0.2) is 35.0 Å². The molecule has 2 N–H and O–H groups in total. The van der Waals surface area contributed by atoms with E-state index in [4.69, 9.17) is 4.42 Å². The van der Waals surface area contributed by atoms with Crippen LogP contribution in [0.4, 0.5) is 0 Å². The van der Waals surface area contributed by atoms with E-state index in [0.29, 0.717) is 17.7 Å². The highest BCUT2D eigenvalue weighted by molar-refractivity contribution is 14.0. The summed E-state index contributed by atoms with van der Waals surface area (Å²) in [5, 5.41) is 7.37. The molecule has 1 fully saturated rings. The molecule has 1 saturated heterocycles. The van der Waals surface area contributed by atoms with Gasteiger partial charge in [-0.25, -0.2) is 9.98 Å². The maximum absolute atomic E-state index is 5.54. The number of hydrogen-bond donors (Lipinski definition) is 2. The zero-order chi connectivity index (χ0) is 14.4. The molecule has 0 aromatic carbocycles. The number of nitrogens with zero attached hydrogens (tertiary/aromatic N) is 2. The van der Waals surface area contributed by atoms with E-state index >= 15 is 0 Å². The van der Waals surface area contributed by atoms with E-state index in [-0.39, 0.29) is 24.0 Å². The molecule has 0 aliphatic carbocycles. The molecule has 1 aliphatic rings. The van der Waals surface area contributed by atoms with Gasteiger partial charge in [0.15, 0.2) is 5.96 Å². The number of nitrogens with one attached hydrogen (secondary N) is 2. The van der Waals surface area contributed by atoms with Gasteiger partial charge < -0.3 is 15.1 Å². The van der Waals surface area contributed by atoms with Crippen molar-refractivity contribution in [1.82, 2.24) is 15.6 Å². The van der Waals surface area contributed by atoms with Gasteiger partial charge in [0.25, 0.3) is 0 Å². The van der Waals surface area contributed by atoms with Crippen LogP contribution >= 0.6 is 35.7 Å². The second kappa shape index (κ2) is 9.55. The zero-order valence-electron chi connectivity index (χ0n) is 12.9. The van der Waals surface area contributed by atoms with Crippen molar-refractivity contribution in [2.45, 2.75) is 45.4 Å². The average Bonchev–Trinajstić information content (AvgIpc) is 3.04. The Morgan fingerprint density at radius 2 is 2.24 bits per heavy atom. The third-order valence-electron chi connectivity index (χ3n) is 3.31. The third-order valence-corrected chi connectivity index (χ3v) is 4.71. The number of hydrogen-bond acceptors (Lipinski definition) is 4. The lowest BCUT2D eigenvalue weighted by Gasteiger charge is -2.14. The fourth-order valence-electron chi connectivity index (χ4n) is 2.11. The van der Waals surface area contributed by atoms with Gasteiger partial charge in [-0.05, 0) is 39.4 Å². The van der Waals surface area contributed by atoms with Crippen LogP contribution in [0.5, 0.6) is 0 Å². The standard InChI is InChI=1S/C14H24N4OS.HI/c1-4-15-14(16-8-12-6-5-7-20-12)17-9-13-18-10(2)11(3)19-13;/h12H,4-9H2,1-3H3,(H2,15,16,17);1H. The summed E-state index contributed by atoms with van der Waals surface area (Å²) in [4.78, 5) is 8.87. The van der Waals surface area contributed by atoms with Crippen molar-refractivity contribution in [3.8, 4) is 0 Å². The van der Waals surface area contributed by atoms with Crippen LogP contribution in [0, 0.1) is 13.8 Å². The van der Waals surface area contributed by atoms with E-state index in [1.165, 1.54) is 18.6 Å². The van der Waals surface area contributed by atoms with Gasteiger partial charge in [-0.2, -0.15) is 11.8 Å². The fourth-order valence-corrected chi connectivity index (χ4v) is 3.31. The van der Waals surface area contributed by atoms with E-state index < -0.39 is 0 Å². The van der Waals surface area contributed by atoms with Crippen molar-refractivity contribution in [2.24, 2.45) is 4.99 Å². The molecule has 1 atom stereocenters. The SMILES string of the molecule is CCNC(=NCc1nc(C)c(C)o1)NCC1CCCS1.I. The Bertz CT molecular complexity index is 438.